The first-order valence-electron chi connectivity index (χ1n) is 4.84. The summed E-state index contributed by atoms with van der Waals surface area (Å²) in [6, 6.07) is 0.0526. The zero-order valence-electron chi connectivity index (χ0n) is 9.57. The molecule has 0 bridgehead atoms. The number of H-pyrrole nitrogens is 1. The Morgan fingerprint density at radius 3 is 2.87 bits per heavy atom. The minimum absolute atomic E-state index is 0.0363. The van der Waals surface area contributed by atoms with E-state index >= 15 is 0 Å². The van der Waals surface area contributed by atoms with Gasteiger partial charge in [0.05, 0.1) is 24.4 Å². The van der Waals surface area contributed by atoms with Crippen molar-refractivity contribution >= 4 is 5.91 Å². The van der Waals surface area contributed by atoms with E-state index in [1.807, 2.05) is 13.8 Å². The van der Waals surface area contributed by atoms with Gasteiger partial charge in [-0.25, -0.2) is 0 Å². The normalized spacial score (nSPS) is 12.5. The number of ether oxygens (including phenoxy) is 1. The van der Waals surface area contributed by atoms with Gasteiger partial charge in [0.1, 0.15) is 0 Å². The molecule has 0 aliphatic heterocycles. The number of rotatable bonds is 4. The van der Waals surface area contributed by atoms with Crippen LogP contribution in [-0.4, -0.2) is 47.8 Å². The summed E-state index contributed by atoms with van der Waals surface area (Å²) in [5, 5.41) is 6.57. The molecule has 1 rings (SSSR count). The lowest BCUT2D eigenvalue weighted by atomic mass is 10.2. The second kappa shape index (κ2) is 4.93. The first-order chi connectivity index (χ1) is 7.07. The van der Waals surface area contributed by atoms with E-state index in [9.17, 15) is 4.79 Å². The molecule has 0 fully saturated rings. The number of nitrogens with one attached hydrogen (secondary N) is 1. The Hall–Kier alpha value is -1.36. The van der Waals surface area contributed by atoms with Crippen LogP contribution in [0.2, 0.25) is 0 Å². The highest BCUT2D eigenvalue weighted by atomic mass is 16.5. The van der Waals surface area contributed by atoms with E-state index in [2.05, 4.69) is 10.2 Å². The van der Waals surface area contributed by atoms with Crippen molar-refractivity contribution in [1.82, 2.24) is 15.1 Å². The Balaban J connectivity index is 2.73. The maximum Gasteiger partial charge on any atom is 0.257 e. The highest BCUT2D eigenvalue weighted by molar-refractivity contribution is 5.95. The van der Waals surface area contributed by atoms with Gasteiger partial charge in [0.15, 0.2) is 0 Å². The Morgan fingerprint density at radius 2 is 2.40 bits per heavy atom. The molecule has 0 radical (unpaired) electrons. The topological polar surface area (TPSA) is 58.2 Å². The van der Waals surface area contributed by atoms with Crippen LogP contribution in [0, 0.1) is 6.92 Å². The van der Waals surface area contributed by atoms with Gasteiger partial charge in [0.2, 0.25) is 0 Å². The molecule has 5 nitrogen and oxygen atoms in total. The number of methoxy groups -OCH3 is 1. The number of carbonyl (C=O) groups excluding carboxylic acids is 1. The maximum atomic E-state index is 12.0. The molecule has 1 aromatic rings. The van der Waals surface area contributed by atoms with Crippen LogP contribution < -0.4 is 0 Å². The largest absolute Gasteiger partial charge is 0.383 e. The molecule has 1 amide bonds. The summed E-state index contributed by atoms with van der Waals surface area (Å²) in [7, 11) is 3.39. The number of likely N-dealkylation sites (N-methyl/N-ethyl adjacent to an activating group) is 1. The summed E-state index contributed by atoms with van der Waals surface area (Å²) in [5.74, 6) is -0.0363. The van der Waals surface area contributed by atoms with Gasteiger partial charge in [-0.15, -0.1) is 0 Å². The SMILES string of the molecule is COCC(C)N(C)C(=O)c1cn[nH]c1C. The summed E-state index contributed by atoms with van der Waals surface area (Å²) in [6.45, 7) is 4.30. The van der Waals surface area contributed by atoms with E-state index in [0.29, 0.717) is 12.2 Å². The number of aromatic amines is 1. The van der Waals surface area contributed by atoms with Gasteiger partial charge in [-0.2, -0.15) is 5.10 Å². The molecule has 0 aliphatic carbocycles. The minimum atomic E-state index is -0.0363. The van der Waals surface area contributed by atoms with Crippen LogP contribution in [-0.2, 0) is 4.74 Å². The lowest BCUT2D eigenvalue weighted by molar-refractivity contribution is 0.0633. The van der Waals surface area contributed by atoms with E-state index in [0.717, 1.165) is 5.69 Å². The third-order valence-electron chi connectivity index (χ3n) is 2.45. The summed E-state index contributed by atoms with van der Waals surface area (Å²) in [5.41, 5.74) is 1.40. The van der Waals surface area contributed by atoms with Gasteiger partial charge in [-0.1, -0.05) is 0 Å². The molecule has 0 aromatic carbocycles. The molecule has 5 heteroatoms. The fourth-order valence-electron chi connectivity index (χ4n) is 1.31. The number of hydrogen-bond acceptors (Lipinski definition) is 3. The monoisotopic (exact) mass is 211 g/mol. The average Bonchev–Trinajstić information content (AvgIpc) is 2.62. The van der Waals surface area contributed by atoms with Crippen LogP contribution in [0.5, 0.6) is 0 Å². The quantitative estimate of drug-likeness (QED) is 0.802. The van der Waals surface area contributed by atoms with E-state index in [1.165, 1.54) is 0 Å². The molecule has 0 aliphatic rings. The molecule has 15 heavy (non-hydrogen) atoms. The van der Waals surface area contributed by atoms with Crippen molar-refractivity contribution in [2.45, 2.75) is 19.9 Å². The number of aromatic nitrogens is 2. The van der Waals surface area contributed by atoms with Gasteiger partial charge >= 0.3 is 0 Å². The molecule has 84 valence electrons. The van der Waals surface area contributed by atoms with Crippen LogP contribution in [0.15, 0.2) is 6.20 Å². The predicted molar refractivity (Wildman–Crippen MR) is 56.8 cm³/mol. The number of amides is 1. The predicted octanol–water partition coefficient (Wildman–Crippen LogP) is 0.825. The molecule has 1 N–H and O–H groups in total. The van der Waals surface area contributed by atoms with Crippen LogP contribution >= 0.6 is 0 Å². The first kappa shape index (κ1) is 11.7. The second-order valence-electron chi connectivity index (χ2n) is 3.63. The third-order valence-corrected chi connectivity index (χ3v) is 2.45. The van der Waals surface area contributed by atoms with Crippen LogP contribution in [0.1, 0.15) is 23.0 Å². The molecular formula is C10H17N3O2. The van der Waals surface area contributed by atoms with Gasteiger partial charge in [-0.05, 0) is 13.8 Å². The Morgan fingerprint density at radius 1 is 1.73 bits per heavy atom. The molecular weight excluding hydrogens is 194 g/mol. The molecule has 1 heterocycles. The van der Waals surface area contributed by atoms with Crippen molar-refractivity contribution in [2.24, 2.45) is 0 Å². The molecule has 1 unspecified atom stereocenters. The summed E-state index contributed by atoms with van der Waals surface area (Å²) < 4.78 is 5.01. The summed E-state index contributed by atoms with van der Waals surface area (Å²) >= 11 is 0. The van der Waals surface area contributed by atoms with E-state index in [1.54, 1.807) is 25.3 Å². The fourth-order valence-corrected chi connectivity index (χ4v) is 1.31. The zero-order chi connectivity index (χ0) is 11.4. The van der Waals surface area contributed by atoms with Crippen LogP contribution in [0.4, 0.5) is 0 Å². The molecule has 0 saturated carbocycles. The van der Waals surface area contributed by atoms with Gasteiger partial charge in [0.25, 0.3) is 5.91 Å². The average molecular weight is 211 g/mol. The molecule has 0 spiro atoms. The van der Waals surface area contributed by atoms with Gasteiger partial charge in [0, 0.05) is 19.9 Å². The van der Waals surface area contributed by atoms with Crippen molar-refractivity contribution < 1.29 is 9.53 Å². The van der Waals surface area contributed by atoms with Crippen LogP contribution in [0.25, 0.3) is 0 Å². The van der Waals surface area contributed by atoms with Crippen molar-refractivity contribution in [2.75, 3.05) is 20.8 Å². The standard InChI is InChI=1S/C10H17N3O2/c1-7(6-15-4)13(3)10(14)9-5-11-12-8(9)2/h5,7H,6H2,1-4H3,(H,11,12). The Labute approximate surface area is 89.4 Å². The molecule has 1 aromatic heterocycles. The first-order valence-corrected chi connectivity index (χ1v) is 4.84. The van der Waals surface area contributed by atoms with Crippen molar-refractivity contribution in [1.29, 1.82) is 0 Å². The van der Waals surface area contributed by atoms with Crippen molar-refractivity contribution in [3.8, 4) is 0 Å². The minimum Gasteiger partial charge on any atom is -0.383 e. The number of nitrogens with zero attached hydrogens (tertiary/aromatic N) is 2. The smallest absolute Gasteiger partial charge is 0.257 e. The maximum absolute atomic E-state index is 12.0. The summed E-state index contributed by atoms with van der Waals surface area (Å²) in [6.07, 6.45) is 1.55. The van der Waals surface area contributed by atoms with Gasteiger partial charge < -0.3 is 9.64 Å². The van der Waals surface area contributed by atoms with Gasteiger partial charge in [-0.3, -0.25) is 9.89 Å². The zero-order valence-corrected chi connectivity index (χ0v) is 9.57. The summed E-state index contributed by atoms with van der Waals surface area (Å²) in [4.78, 5) is 13.6. The van der Waals surface area contributed by atoms with E-state index < -0.39 is 0 Å². The Kier molecular flexibility index (Phi) is 3.85. The van der Waals surface area contributed by atoms with Crippen molar-refractivity contribution in [3.63, 3.8) is 0 Å². The van der Waals surface area contributed by atoms with E-state index in [-0.39, 0.29) is 11.9 Å². The third kappa shape index (κ3) is 2.56. The second-order valence-corrected chi connectivity index (χ2v) is 3.63. The number of aryl methyl sites for hydroxylation is 1. The lowest BCUT2D eigenvalue weighted by Crippen LogP contribution is -2.37. The number of carbonyl (C=O) groups is 1. The highest BCUT2D eigenvalue weighted by Gasteiger charge is 2.19. The van der Waals surface area contributed by atoms with Crippen molar-refractivity contribution in [3.05, 3.63) is 17.5 Å². The molecule has 0 saturated heterocycles. The highest BCUT2D eigenvalue weighted by Crippen LogP contribution is 2.08. The fraction of sp³-hybridized carbons (Fsp3) is 0.600. The van der Waals surface area contributed by atoms with Crippen LogP contribution in [0.3, 0.4) is 0 Å². The lowest BCUT2D eigenvalue weighted by Gasteiger charge is -2.23. The van der Waals surface area contributed by atoms with E-state index in [4.69, 9.17) is 4.74 Å². The number of hydrogen-bond donors (Lipinski definition) is 1. The molecule has 1 atom stereocenters. The Bertz CT molecular complexity index is 335.